The van der Waals surface area contributed by atoms with Crippen LogP contribution in [-0.4, -0.2) is 32.3 Å². The number of carbonyl (C=O) groups is 2. The molecule has 2 rings (SSSR count). The van der Waals surface area contributed by atoms with Crippen molar-refractivity contribution >= 4 is 38.9 Å². The third kappa shape index (κ3) is 6.35. The average Bonchev–Trinajstić information content (AvgIpc) is 3.18. The van der Waals surface area contributed by atoms with Gasteiger partial charge in [-0.25, -0.2) is 8.42 Å². The summed E-state index contributed by atoms with van der Waals surface area (Å²) >= 11 is 1.14. The van der Waals surface area contributed by atoms with Gasteiger partial charge in [-0.1, -0.05) is 25.1 Å². The molecule has 0 bridgehead atoms. The molecular formula is C19H25N3O4S2. The van der Waals surface area contributed by atoms with E-state index >= 15 is 0 Å². The fourth-order valence-electron chi connectivity index (χ4n) is 2.33. The SMILES string of the molecule is CCC(C)NC(=O)C(C)NC(=O)Cc1ccc(NS(=O)(=O)c2cccs2)cc1. The third-order valence-electron chi connectivity index (χ3n) is 4.10. The maximum absolute atomic E-state index is 12.2. The van der Waals surface area contributed by atoms with Crippen LogP contribution in [0.25, 0.3) is 0 Å². The minimum atomic E-state index is -3.60. The molecule has 2 aromatic rings. The standard InChI is InChI=1S/C19H25N3O4S2/c1-4-13(2)20-19(24)14(3)21-17(23)12-15-7-9-16(10-8-15)22-28(25,26)18-6-5-11-27-18/h5-11,13-14,22H,4,12H2,1-3H3,(H,20,24)(H,21,23). The monoisotopic (exact) mass is 423 g/mol. The molecule has 0 fully saturated rings. The Hall–Kier alpha value is -2.39. The van der Waals surface area contributed by atoms with E-state index in [9.17, 15) is 18.0 Å². The topological polar surface area (TPSA) is 104 Å². The van der Waals surface area contributed by atoms with Crippen LogP contribution in [0, 0.1) is 0 Å². The molecule has 2 unspecified atom stereocenters. The first-order valence-corrected chi connectivity index (χ1v) is 11.3. The van der Waals surface area contributed by atoms with Gasteiger partial charge in [0.2, 0.25) is 11.8 Å². The molecule has 1 heterocycles. The summed E-state index contributed by atoms with van der Waals surface area (Å²) in [5.74, 6) is -0.500. The molecule has 1 aromatic carbocycles. The van der Waals surface area contributed by atoms with Crippen molar-refractivity contribution in [3.8, 4) is 0 Å². The summed E-state index contributed by atoms with van der Waals surface area (Å²) in [5, 5.41) is 7.18. The number of sulfonamides is 1. The first-order valence-electron chi connectivity index (χ1n) is 8.96. The van der Waals surface area contributed by atoms with Gasteiger partial charge in [0.15, 0.2) is 0 Å². The van der Waals surface area contributed by atoms with Crippen molar-refractivity contribution in [2.24, 2.45) is 0 Å². The Morgan fingerprint density at radius 1 is 1.07 bits per heavy atom. The first-order chi connectivity index (χ1) is 13.2. The summed E-state index contributed by atoms with van der Waals surface area (Å²) in [6.07, 6.45) is 0.911. The molecule has 0 aliphatic heterocycles. The van der Waals surface area contributed by atoms with Gasteiger partial charge in [0.25, 0.3) is 10.0 Å². The van der Waals surface area contributed by atoms with Gasteiger partial charge < -0.3 is 10.6 Å². The first kappa shape index (κ1) is 21.9. The summed E-state index contributed by atoms with van der Waals surface area (Å²) < 4.78 is 27.1. The summed E-state index contributed by atoms with van der Waals surface area (Å²) in [7, 11) is -3.60. The Morgan fingerprint density at radius 3 is 2.32 bits per heavy atom. The quantitative estimate of drug-likeness (QED) is 0.576. The highest BCUT2D eigenvalue weighted by molar-refractivity contribution is 7.94. The molecule has 7 nitrogen and oxygen atoms in total. The fraction of sp³-hybridized carbons (Fsp3) is 0.368. The van der Waals surface area contributed by atoms with Crippen LogP contribution in [0.3, 0.4) is 0 Å². The normalized spacial score (nSPS) is 13.4. The highest BCUT2D eigenvalue weighted by atomic mass is 32.2. The number of rotatable bonds is 9. The largest absolute Gasteiger partial charge is 0.352 e. The third-order valence-corrected chi connectivity index (χ3v) is 6.88. The van der Waals surface area contributed by atoms with Crippen LogP contribution in [0.1, 0.15) is 32.8 Å². The molecule has 0 radical (unpaired) electrons. The smallest absolute Gasteiger partial charge is 0.271 e. The summed E-state index contributed by atoms with van der Waals surface area (Å²) in [6.45, 7) is 5.51. The van der Waals surface area contributed by atoms with Crippen LogP contribution in [-0.2, 0) is 26.0 Å². The number of benzene rings is 1. The second-order valence-electron chi connectivity index (χ2n) is 6.52. The number of carbonyl (C=O) groups excluding carboxylic acids is 2. The van der Waals surface area contributed by atoms with Gasteiger partial charge in [0, 0.05) is 11.7 Å². The number of amides is 2. The Bertz CT molecular complexity index is 894. The van der Waals surface area contributed by atoms with E-state index in [2.05, 4.69) is 15.4 Å². The molecule has 0 aliphatic carbocycles. The molecule has 28 heavy (non-hydrogen) atoms. The Labute approximate surface area is 169 Å². The minimum absolute atomic E-state index is 0.0531. The molecule has 2 amide bonds. The van der Waals surface area contributed by atoms with E-state index in [4.69, 9.17) is 0 Å². The number of thiophene rings is 1. The van der Waals surface area contributed by atoms with Crippen LogP contribution >= 0.6 is 11.3 Å². The predicted molar refractivity (Wildman–Crippen MR) is 111 cm³/mol. The number of hydrogen-bond donors (Lipinski definition) is 3. The zero-order valence-electron chi connectivity index (χ0n) is 16.1. The summed E-state index contributed by atoms with van der Waals surface area (Å²) in [5.41, 5.74) is 1.13. The van der Waals surface area contributed by atoms with Crippen LogP contribution in [0.15, 0.2) is 46.0 Å². The summed E-state index contributed by atoms with van der Waals surface area (Å²) in [6, 6.07) is 9.19. The minimum Gasteiger partial charge on any atom is -0.352 e. The molecule has 2 atom stereocenters. The zero-order chi connectivity index (χ0) is 20.7. The molecule has 1 aromatic heterocycles. The lowest BCUT2D eigenvalue weighted by molar-refractivity contribution is -0.128. The van der Waals surface area contributed by atoms with E-state index in [0.717, 1.165) is 17.8 Å². The van der Waals surface area contributed by atoms with E-state index < -0.39 is 16.1 Å². The molecule has 9 heteroatoms. The van der Waals surface area contributed by atoms with Gasteiger partial charge in [-0.05, 0) is 49.4 Å². The lowest BCUT2D eigenvalue weighted by Gasteiger charge is -2.17. The molecular weight excluding hydrogens is 398 g/mol. The van der Waals surface area contributed by atoms with Crippen molar-refractivity contribution in [1.82, 2.24) is 10.6 Å². The van der Waals surface area contributed by atoms with Crippen molar-refractivity contribution in [3.05, 3.63) is 47.3 Å². The Kier molecular flexibility index (Phi) is 7.59. The number of hydrogen-bond acceptors (Lipinski definition) is 5. The van der Waals surface area contributed by atoms with Gasteiger partial charge in [0.1, 0.15) is 10.3 Å². The maximum Gasteiger partial charge on any atom is 0.271 e. The molecule has 0 saturated heterocycles. The van der Waals surface area contributed by atoms with Crippen molar-refractivity contribution in [3.63, 3.8) is 0 Å². The van der Waals surface area contributed by atoms with Gasteiger partial charge >= 0.3 is 0 Å². The van der Waals surface area contributed by atoms with E-state index in [1.807, 2.05) is 13.8 Å². The zero-order valence-corrected chi connectivity index (χ0v) is 17.7. The van der Waals surface area contributed by atoms with Crippen LogP contribution in [0.4, 0.5) is 5.69 Å². The fourth-order valence-corrected chi connectivity index (χ4v) is 4.38. The number of nitrogens with one attached hydrogen (secondary N) is 3. The second kappa shape index (κ2) is 9.70. The summed E-state index contributed by atoms with van der Waals surface area (Å²) in [4.78, 5) is 24.1. The van der Waals surface area contributed by atoms with Crippen molar-refractivity contribution in [2.45, 2.75) is 49.9 Å². The number of anilines is 1. The average molecular weight is 424 g/mol. The van der Waals surface area contributed by atoms with Crippen LogP contribution < -0.4 is 15.4 Å². The van der Waals surface area contributed by atoms with Crippen molar-refractivity contribution in [2.75, 3.05) is 4.72 Å². The predicted octanol–water partition coefficient (Wildman–Crippen LogP) is 2.51. The second-order valence-corrected chi connectivity index (χ2v) is 9.38. The molecule has 3 N–H and O–H groups in total. The molecule has 0 spiro atoms. The van der Waals surface area contributed by atoms with E-state index in [1.165, 1.54) is 6.07 Å². The maximum atomic E-state index is 12.2. The van der Waals surface area contributed by atoms with E-state index in [-0.39, 0.29) is 28.5 Å². The van der Waals surface area contributed by atoms with Gasteiger partial charge in [0.05, 0.1) is 6.42 Å². The highest BCUT2D eigenvalue weighted by Gasteiger charge is 2.18. The van der Waals surface area contributed by atoms with Crippen LogP contribution in [0.2, 0.25) is 0 Å². The molecule has 152 valence electrons. The van der Waals surface area contributed by atoms with Gasteiger partial charge in [-0.3, -0.25) is 14.3 Å². The lowest BCUT2D eigenvalue weighted by atomic mass is 10.1. The van der Waals surface area contributed by atoms with Crippen molar-refractivity contribution < 1.29 is 18.0 Å². The van der Waals surface area contributed by atoms with Gasteiger partial charge in [-0.2, -0.15) is 0 Å². The highest BCUT2D eigenvalue weighted by Crippen LogP contribution is 2.20. The van der Waals surface area contributed by atoms with Crippen molar-refractivity contribution in [1.29, 1.82) is 0 Å². The van der Waals surface area contributed by atoms with Gasteiger partial charge in [-0.15, -0.1) is 11.3 Å². The van der Waals surface area contributed by atoms with Crippen LogP contribution in [0.5, 0.6) is 0 Å². The Balaban J connectivity index is 1.90. The lowest BCUT2D eigenvalue weighted by Crippen LogP contribution is -2.47. The Morgan fingerprint density at radius 2 is 1.75 bits per heavy atom. The molecule has 0 saturated carbocycles. The van der Waals surface area contributed by atoms with E-state index in [1.54, 1.807) is 42.6 Å². The van der Waals surface area contributed by atoms with E-state index in [0.29, 0.717) is 11.3 Å². The molecule has 0 aliphatic rings.